The van der Waals surface area contributed by atoms with Crippen LogP contribution in [0.2, 0.25) is 0 Å². The lowest BCUT2D eigenvalue weighted by molar-refractivity contribution is -0.115. The summed E-state index contributed by atoms with van der Waals surface area (Å²) in [6, 6.07) is 5.70. The minimum atomic E-state index is -3.53. The molecule has 8 heteroatoms. The molecule has 0 radical (unpaired) electrons. The molecule has 2 aliphatic heterocycles. The number of thioether (sulfide) groups is 1. The lowest BCUT2D eigenvalue weighted by Crippen LogP contribution is -2.52. The second-order valence-corrected chi connectivity index (χ2v) is 11.0. The summed E-state index contributed by atoms with van der Waals surface area (Å²) in [5.74, 6) is -0.0804. The summed E-state index contributed by atoms with van der Waals surface area (Å²) in [6.07, 6.45) is 6.40. The molecule has 1 amide bonds. The zero-order valence-corrected chi connectivity index (χ0v) is 17.3. The molecule has 4 rings (SSSR count). The SMILES string of the molecule is CC1Sc2ccc(S(=O)(=O)N3CCN(C4CCCCC4)CC3)cc2NC1=O. The quantitative estimate of drug-likeness (QED) is 0.831. The Hall–Kier alpha value is -1.09. The summed E-state index contributed by atoms with van der Waals surface area (Å²) >= 11 is 1.46. The number of amides is 1. The Kier molecular flexibility index (Phi) is 5.51. The fraction of sp³-hybridized carbons (Fsp3) is 0.632. The number of carbonyl (C=O) groups excluding carboxylic acids is 1. The summed E-state index contributed by atoms with van der Waals surface area (Å²) < 4.78 is 27.8. The maximum atomic E-state index is 13.1. The van der Waals surface area contributed by atoms with Gasteiger partial charge in [-0.15, -0.1) is 11.8 Å². The van der Waals surface area contributed by atoms with E-state index in [-0.39, 0.29) is 16.1 Å². The van der Waals surface area contributed by atoms with Crippen LogP contribution in [0, 0.1) is 0 Å². The number of rotatable bonds is 3. The molecular formula is C19H27N3O3S2. The first kappa shape index (κ1) is 19.2. The highest BCUT2D eigenvalue weighted by Crippen LogP contribution is 2.37. The summed E-state index contributed by atoms with van der Waals surface area (Å²) in [5, 5.41) is 2.66. The zero-order valence-electron chi connectivity index (χ0n) is 15.7. The first-order chi connectivity index (χ1) is 12.9. The molecule has 0 aromatic heterocycles. The number of nitrogens with zero attached hydrogens (tertiary/aromatic N) is 2. The number of hydrogen-bond donors (Lipinski definition) is 1. The largest absolute Gasteiger partial charge is 0.324 e. The zero-order chi connectivity index (χ0) is 19.0. The van der Waals surface area contributed by atoms with Crippen molar-refractivity contribution in [2.45, 2.75) is 60.1 Å². The first-order valence-corrected chi connectivity index (χ1v) is 12.1. The number of fused-ring (bicyclic) bond motifs is 1. The van der Waals surface area contributed by atoms with Gasteiger partial charge in [-0.05, 0) is 38.0 Å². The third kappa shape index (κ3) is 3.90. The van der Waals surface area contributed by atoms with E-state index < -0.39 is 10.0 Å². The average Bonchev–Trinajstić information content (AvgIpc) is 2.69. The third-order valence-electron chi connectivity index (χ3n) is 5.88. The van der Waals surface area contributed by atoms with Crippen LogP contribution in [0.15, 0.2) is 28.0 Å². The first-order valence-electron chi connectivity index (χ1n) is 9.81. The van der Waals surface area contributed by atoms with Crippen LogP contribution in [0.25, 0.3) is 0 Å². The van der Waals surface area contributed by atoms with Crippen LogP contribution in [0.3, 0.4) is 0 Å². The van der Waals surface area contributed by atoms with Crippen molar-refractivity contribution in [1.29, 1.82) is 0 Å². The molecule has 1 saturated carbocycles. The minimum absolute atomic E-state index is 0.0804. The molecule has 1 aliphatic carbocycles. The van der Waals surface area contributed by atoms with E-state index in [4.69, 9.17) is 0 Å². The highest BCUT2D eigenvalue weighted by molar-refractivity contribution is 8.01. The van der Waals surface area contributed by atoms with Gasteiger partial charge in [-0.1, -0.05) is 19.3 Å². The second-order valence-electron chi connectivity index (χ2n) is 7.64. The lowest BCUT2D eigenvalue weighted by Gasteiger charge is -2.40. The number of benzene rings is 1. The van der Waals surface area contributed by atoms with Gasteiger partial charge in [-0.25, -0.2) is 8.42 Å². The van der Waals surface area contributed by atoms with E-state index >= 15 is 0 Å². The fourth-order valence-electron chi connectivity index (χ4n) is 4.25. The van der Waals surface area contributed by atoms with Crippen LogP contribution in [-0.2, 0) is 14.8 Å². The molecule has 1 atom stereocenters. The van der Waals surface area contributed by atoms with Gasteiger partial charge < -0.3 is 5.32 Å². The van der Waals surface area contributed by atoms with Gasteiger partial charge in [0.1, 0.15) is 0 Å². The van der Waals surface area contributed by atoms with Crippen molar-refractivity contribution in [1.82, 2.24) is 9.21 Å². The minimum Gasteiger partial charge on any atom is -0.324 e. The monoisotopic (exact) mass is 409 g/mol. The van der Waals surface area contributed by atoms with E-state index in [1.165, 1.54) is 43.9 Å². The van der Waals surface area contributed by atoms with Crippen molar-refractivity contribution in [3.63, 3.8) is 0 Å². The van der Waals surface area contributed by atoms with E-state index in [0.717, 1.165) is 18.0 Å². The molecule has 148 valence electrons. The van der Waals surface area contributed by atoms with Crippen LogP contribution in [0.1, 0.15) is 39.0 Å². The summed E-state index contributed by atoms with van der Waals surface area (Å²) in [7, 11) is -3.53. The van der Waals surface area contributed by atoms with Crippen molar-refractivity contribution in [2.24, 2.45) is 0 Å². The van der Waals surface area contributed by atoms with Gasteiger partial charge in [0.15, 0.2) is 0 Å². The predicted molar refractivity (Wildman–Crippen MR) is 108 cm³/mol. The van der Waals surface area contributed by atoms with Crippen LogP contribution >= 0.6 is 11.8 Å². The topological polar surface area (TPSA) is 69.7 Å². The van der Waals surface area contributed by atoms with E-state index in [0.29, 0.717) is 24.8 Å². The van der Waals surface area contributed by atoms with E-state index in [9.17, 15) is 13.2 Å². The maximum absolute atomic E-state index is 13.1. The van der Waals surface area contributed by atoms with Crippen molar-refractivity contribution < 1.29 is 13.2 Å². The van der Waals surface area contributed by atoms with E-state index in [1.807, 2.05) is 6.92 Å². The van der Waals surface area contributed by atoms with Gasteiger partial charge in [-0.2, -0.15) is 4.31 Å². The molecule has 1 N–H and O–H groups in total. The Morgan fingerprint density at radius 1 is 1.07 bits per heavy atom. The molecule has 1 aromatic carbocycles. The Morgan fingerprint density at radius 2 is 1.78 bits per heavy atom. The van der Waals surface area contributed by atoms with Gasteiger partial charge >= 0.3 is 0 Å². The number of hydrogen-bond acceptors (Lipinski definition) is 5. The molecule has 2 fully saturated rings. The number of nitrogens with one attached hydrogen (secondary N) is 1. The predicted octanol–water partition coefficient (Wildman–Crippen LogP) is 2.76. The van der Waals surface area contributed by atoms with E-state index in [2.05, 4.69) is 10.2 Å². The van der Waals surface area contributed by atoms with Gasteiger partial charge in [0.25, 0.3) is 0 Å². The van der Waals surface area contributed by atoms with Crippen LogP contribution < -0.4 is 5.32 Å². The number of piperazine rings is 1. The summed E-state index contributed by atoms with van der Waals surface area (Å²) in [6.45, 7) is 4.53. The van der Waals surface area contributed by atoms with Gasteiger partial charge in [0, 0.05) is 37.1 Å². The maximum Gasteiger partial charge on any atom is 0.243 e. The Bertz CT molecular complexity index is 813. The normalized spacial score (nSPS) is 25.8. The smallest absolute Gasteiger partial charge is 0.243 e. The molecule has 1 unspecified atom stereocenters. The summed E-state index contributed by atoms with van der Waals surface area (Å²) in [5.41, 5.74) is 0.602. The number of sulfonamides is 1. The van der Waals surface area contributed by atoms with Gasteiger partial charge in [0.05, 0.1) is 15.8 Å². The number of carbonyl (C=O) groups is 1. The average molecular weight is 410 g/mol. The van der Waals surface area contributed by atoms with Gasteiger partial charge in [0.2, 0.25) is 15.9 Å². The molecule has 2 heterocycles. The van der Waals surface area contributed by atoms with Gasteiger partial charge in [-0.3, -0.25) is 9.69 Å². The molecule has 0 bridgehead atoms. The van der Waals surface area contributed by atoms with Crippen molar-refractivity contribution in [3.8, 4) is 0 Å². The highest BCUT2D eigenvalue weighted by atomic mass is 32.2. The van der Waals surface area contributed by atoms with Crippen LogP contribution in [-0.4, -0.2) is 61.0 Å². The molecular weight excluding hydrogens is 382 g/mol. The van der Waals surface area contributed by atoms with Crippen molar-refractivity contribution in [2.75, 3.05) is 31.5 Å². The lowest BCUT2D eigenvalue weighted by atomic mass is 9.94. The van der Waals surface area contributed by atoms with Crippen molar-refractivity contribution in [3.05, 3.63) is 18.2 Å². The number of anilines is 1. The molecule has 3 aliphatic rings. The highest BCUT2D eigenvalue weighted by Gasteiger charge is 2.32. The van der Waals surface area contributed by atoms with Crippen LogP contribution in [0.4, 0.5) is 5.69 Å². The molecule has 6 nitrogen and oxygen atoms in total. The molecule has 27 heavy (non-hydrogen) atoms. The standard InChI is InChI=1S/C19H27N3O3S2/c1-14-19(23)20-17-13-16(7-8-18(17)26-14)27(24,25)22-11-9-21(10-12-22)15-5-3-2-4-6-15/h7-8,13-15H,2-6,9-12H2,1H3,(H,20,23). The Labute approximate surface area is 165 Å². The van der Waals surface area contributed by atoms with E-state index in [1.54, 1.807) is 22.5 Å². The van der Waals surface area contributed by atoms with Crippen LogP contribution in [0.5, 0.6) is 0 Å². The molecule has 1 saturated heterocycles. The molecule has 1 aromatic rings. The summed E-state index contributed by atoms with van der Waals surface area (Å²) in [4.78, 5) is 15.6. The Morgan fingerprint density at radius 3 is 2.48 bits per heavy atom. The van der Waals surface area contributed by atoms with Crippen molar-refractivity contribution >= 4 is 33.4 Å². The third-order valence-corrected chi connectivity index (χ3v) is 8.96. The molecule has 0 spiro atoms. The second kappa shape index (κ2) is 7.73. The Balaban J connectivity index is 1.46. The fourth-order valence-corrected chi connectivity index (χ4v) is 6.63.